The summed E-state index contributed by atoms with van der Waals surface area (Å²) in [4.78, 5) is 31.5. The van der Waals surface area contributed by atoms with Crippen LogP contribution in [0.1, 0.15) is 36.8 Å². The molecule has 2 aromatic carbocycles. The maximum absolute atomic E-state index is 13.3. The molecule has 41 heavy (non-hydrogen) atoms. The normalized spacial score (nSPS) is 19.8. The predicted molar refractivity (Wildman–Crippen MR) is 149 cm³/mol. The number of nitro benzene ring substituents is 1. The first-order valence-corrected chi connectivity index (χ1v) is 13.7. The number of hydrogen-bond acceptors (Lipinski definition) is 7. The minimum Gasteiger partial charge on any atom is -0.382 e. The van der Waals surface area contributed by atoms with Crippen LogP contribution in [-0.4, -0.2) is 65.6 Å². The third-order valence-corrected chi connectivity index (χ3v) is 7.77. The van der Waals surface area contributed by atoms with Gasteiger partial charge in [-0.3, -0.25) is 14.9 Å². The van der Waals surface area contributed by atoms with Gasteiger partial charge in [-0.15, -0.1) is 0 Å². The fraction of sp³-hybridized carbons (Fsp3) is 0.448. The summed E-state index contributed by atoms with van der Waals surface area (Å²) in [5.74, 6) is 0.843. The first-order valence-electron chi connectivity index (χ1n) is 13.7. The van der Waals surface area contributed by atoms with Crippen LogP contribution in [0.25, 0.3) is 10.9 Å². The zero-order chi connectivity index (χ0) is 29.1. The summed E-state index contributed by atoms with van der Waals surface area (Å²) >= 11 is 0. The van der Waals surface area contributed by atoms with E-state index in [0.29, 0.717) is 51.9 Å². The number of nitro groups is 1. The van der Waals surface area contributed by atoms with Crippen molar-refractivity contribution in [1.82, 2.24) is 9.88 Å². The molecule has 0 bridgehead atoms. The number of benzene rings is 2. The fourth-order valence-electron chi connectivity index (χ4n) is 5.50. The van der Waals surface area contributed by atoms with Crippen molar-refractivity contribution in [2.45, 2.75) is 50.9 Å². The lowest BCUT2D eigenvalue weighted by Gasteiger charge is -2.36. The number of aromatic nitrogens is 1. The predicted octanol–water partition coefficient (Wildman–Crippen LogP) is 5.56. The lowest BCUT2D eigenvalue weighted by atomic mass is 9.92. The number of carbonyl (C=O) groups excluding carboxylic acids is 1. The average Bonchev–Trinajstić information content (AvgIpc) is 2.96. The molecular formula is C29H32F3N5O4. The average molecular weight is 572 g/mol. The molecule has 0 spiro atoms. The van der Waals surface area contributed by atoms with Gasteiger partial charge < -0.3 is 19.9 Å². The van der Waals surface area contributed by atoms with Gasteiger partial charge in [0.1, 0.15) is 18.0 Å². The van der Waals surface area contributed by atoms with Gasteiger partial charge in [-0.2, -0.15) is 13.2 Å². The summed E-state index contributed by atoms with van der Waals surface area (Å²) in [5.41, 5.74) is 0.0924. The molecule has 3 aromatic rings. The van der Waals surface area contributed by atoms with E-state index in [4.69, 9.17) is 9.72 Å². The largest absolute Gasteiger partial charge is 0.423 e. The first-order chi connectivity index (χ1) is 19.6. The highest BCUT2D eigenvalue weighted by Crippen LogP contribution is 2.38. The monoisotopic (exact) mass is 571 g/mol. The van der Waals surface area contributed by atoms with E-state index in [1.54, 1.807) is 4.90 Å². The molecule has 1 aliphatic heterocycles. The number of nitrogens with one attached hydrogen (secondary N) is 1. The van der Waals surface area contributed by atoms with E-state index in [9.17, 15) is 28.1 Å². The van der Waals surface area contributed by atoms with Gasteiger partial charge in [-0.1, -0.05) is 11.6 Å². The molecule has 2 fully saturated rings. The molecule has 218 valence electrons. The van der Waals surface area contributed by atoms with E-state index < -0.39 is 22.4 Å². The Kier molecular flexibility index (Phi) is 8.30. The summed E-state index contributed by atoms with van der Waals surface area (Å²) in [6.07, 6.45) is -2.32. The number of halogens is 3. The molecule has 9 nitrogen and oxygen atoms in total. The van der Waals surface area contributed by atoms with Crippen LogP contribution in [0.15, 0.2) is 48.5 Å². The summed E-state index contributed by atoms with van der Waals surface area (Å²) in [6.45, 7) is 4.59. The Bertz CT molecular complexity index is 1420. The molecule has 12 heteroatoms. The smallest absolute Gasteiger partial charge is 0.382 e. The molecule has 1 aliphatic carbocycles. The number of fused-ring (bicyclic) bond motifs is 1. The molecule has 2 heterocycles. The van der Waals surface area contributed by atoms with Crippen LogP contribution in [0.2, 0.25) is 0 Å². The number of rotatable bonds is 7. The van der Waals surface area contributed by atoms with Gasteiger partial charge in [0.15, 0.2) is 0 Å². The van der Waals surface area contributed by atoms with E-state index in [1.165, 1.54) is 11.6 Å². The first kappa shape index (κ1) is 28.6. The van der Waals surface area contributed by atoms with E-state index in [1.807, 2.05) is 18.2 Å². The molecule has 0 radical (unpaired) electrons. The molecule has 1 amide bonds. The number of nitrogens with zero attached hydrogens (tertiary/aromatic N) is 4. The molecule has 0 unspecified atom stereocenters. The van der Waals surface area contributed by atoms with Gasteiger partial charge in [0, 0.05) is 49.4 Å². The summed E-state index contributed by atoms with van der Waals surface area (Å²) in [6, 6.07) is 13.1. The van der Waals surface area contributed by atoms with Crippen molar-refractivity contribution in [1.29, 1.82) is 0 Å². The Morgan fingerprint density at radius 3 is 2.46 bits per heavy atom. The molecule has 1 saturated carbocycles. The lowest BCUT2D eigenvalue weighted by molar-refractivity contribution is -0.388. The van der Waals surface area contributed by atoms with Crippen molar-refractivity contribution < 1.29 is 27.6 Å². The maximum atomic E-state index is 13.3. The number of anilines is 2. The maximum Gasteiger partial charge on any atom is 0.423 e. The zero-order valence-electron chi connectivity index (χ0n) is 22.7. The molecule has 5 rings (SSSR count). The van der Waals surface area contributed by atoms with Gasteiger partial charge >= 0.3 is 6.18 Å². The SMILES string of the molecule is Cc1ccc2nc(N3CCN(C(=O)COC4CCC(Nc5ccc([N+](=O)[O-])c(C(F)(F)F)c5)CC4)CC3)ccc2c1. The van der Waals surface area contributed by atoms with Gasteiger partial charge in [-0.25, -0.2) is 4.98 Å². The van der Waals surface area contributed by atoms with E-state index in [2.05, 4.69) is 29.3 Å². The van der Waals surface area contributed by atoms with Gasteiger partial charge in [-0.05, 0) is 69.0 Å². The van der Waals surface area contributed by atoms with Crippen molar-refractivity contribution in [3.8, 4) is 0 Å². The standard InChI is InChI=1S/C29H32F3N5O4/c1-19-2-9-25-20(16-19)3-11-27(34-25)35-12-14-36(15-13-35)28(38)18-41-23-7-4-21(5-8-23)33-22-6-10-26(37(39)40)24(17-22)29(30,31)32/h2-3,6,9-11,16-17,21,23,33H,4-5,7-8,12-15,18H2,1H3. The number of aryl methyl sites for hydroxylation is 1. The number of piperazine rings is 1. The van der Waals surface area contributed by atoms with Crippen molar-refractivity contribution in [2.24, 2.45) is 0 Å². The number of ether oxygens (including phenoxy) is 1. The number of hydrogen-bond donors (Lipinski definition) is 1. The second-order valence-corrected chi connectivity index (χ2v) is 10.6. The van der Waals surface area contributed by atoms with Crippen LogP contribution < -0.4 is 10.2 Å². The van der Waals surface area contributed by atoms with E-state index in [0.717, 1.165) is 28.9 Å². The Morgan fingerprint density at radius 1 is 1.05 bits per heavy atom. The highest BCUT2D eigenvalue weighted by molar-refractivity contribution is 5.81. The molecule has 0 atom stereocenters. The Balaban J connectivity index is 1.05. The van der Waals surface area contributed by atoms with Gasteiger partial charge in [0.25, 0.3) is 5.69 Å². The quantitative estimate of drug-likeness (QED) is 0.293. The third kappa shape index (κ3) is 6.87. The number of carbonyl (C=O) groups is 1. The van der Waals surface area contributed by atoms with E-state index in [-0.39, 0.29) is 30.3 Å². The Labute approximate surface area is 235 Å². The van der Waals surface area contributed by atoms with Crippen LogP contribution in [0.5, 0.6) is 0 Å². The third-order valence-electron chi connectivity index (χ3n) is 7.77. The van der Waals surface area contributed by atoms with Crippen molar-refractivity contribution in [3.63, 3.8) is 0 Å². The van der Waals surface area contributed by atoms with Crippen LogP contribution in [0, 0.1) is 17.0 Å². The topological polar surface area (TPSA) is 101 Å². The zero-order valence-corrected chi connectivity index (χ0v) is 22.7. The lowest BCUT2D eigenvalue weighted by Crippen LogP contribution is -2.50. The number of pyridine rings is 1. The molecule has 1 saturated heterocycles. The minimum atomic E-state index is -4.82. The summed E-state index contributed by atoms with van der Waals surface area (Å²) < 4.78 is 45.7. The van der Waals surface area contributed by atoms with Crippen molar-refractivity contribution in [2.75, 3.05) is 43.0 Å². The van der Waals surface area contributed by atoms with Crippen LogP contribution >= 0.6 is 0 Å². The minimum absolute atomic E-state index is 0.00632. The summed E-state index contributed by atoms with van der Waals surface area (Å²) in [5, 5.41) is 15.1. The van der Waals surface area contributed by atoms with Crippen LogP contribution in [0.4, 0.5) is 30.4 Å². The van der Waals surface area contributed by atoms with Gasteiger partial charge in [0.2, 0.25) is 5.91 Å². The van der Waals surface area contributed by atoms with Crippen LogP contribution in [0.3, 0.4) is 0 Å². The molecule has 1 N–H and O–H groups in total. The summed E-state index contributed by atoms with van der Waals surface area (Å²) in [7, 11) is 0. The molecule has 2 aliphatic rings. The fourth-order valence-corrected chi connectivity index (χ4v) is 5.50. The number of alkyl halides is 3. The molecule has 1 aromatic heterocycles. The highest BCUT2D eigenvalue weighted by Gasteiger charge is 2.38. The highest BCUT2D eigenvalue weighted by atomic mass is 19.4. The Morgan fingerprint density at radius 2 is 1.78 bits per heavy atom. The second kappa shape index (κ2) is 11.9. The van der Waals surface area contributed by atoms with Crippen LogP contribution in [-0.2, 0) is 15.7 Å². The molecular weight excluding hydrogens is 539 g/mol. The van der Waals surface area contributed by atoms with Gasteiger partial charge in [0.05, 0.1) is 16.5 Å². The van der Waals surface area contributed by atoms with E-state index >= 15 is 0 Å². The number of amides is 1. The second-order valence-electron chi connectivity index (χ2n) is 10.6. The van der Waals surface area contributed by atoms with Crippen molar-refractivity contribution >= 4 is 34.0 Å². The van der Waals surface area contributed by atoms with Crippen molar-refractivity contribution in [3.05, 3.63) is 69.8 Å². The Hall–Kier alpha value is -3.93.